The van der Waals surface area contributed by atoms with Crippen molar-refractivity contribution < 1.29 is 19.6 Å². The second kappa shape index (κ2) is 5.65. The molecule has 24 heavy (non-hydrogen) atoms. The summed E-state index contributed by atoms with van der Waals surface area (Å²) >= 11 is 12.0. The fourth-order valence-corrected chi connectivity index (χ4v) is 3.37. The Balaban J connectivity index is 1.87. The highest BCUT2D eigenvalue weighted by molar-refractivity contribution is 6.54. The molecule has 2 aromatic carbocycles. The molecule has 0 saturated heterocycles. The van der Waals surface area contributed by atoms with Gasteiger partial charge in [0.25, 0.3) is 0 Å². The third kappa shape index (κ3) is 2.57. The number of benzene rings is 2. The molecule has 2 aromatic rings. The monoisotopic (exact) mass is 367 g/mol. The molecule has 1 fully saturated rings. The number of para-hydroxylation sites is 2. The number of hydrogen-bond acceptors (Lipinski definition) is 4. The summed E-state index contributed by atoms with van der Waals surface area (Å²) in [6.07, 6.45) is 0.114. The maximum atomic E-state index is 11.5. The SMILES string of the molecule is O=C(O)C1(c2ccc(Oc3ccccc3[N+](=O)[O-])cc2)CC1(Cl)Cl. The van der Waals surface area contributed by atoms with Crippen molar-refractivity contribution in [2.45, 2.75) is 16.2 Å². The Kier molecular flexibility index (Phi) is 3.89. The number of ether oxygens (including phenoxy) is 1. The van der Waals surface area contributed by atoms with Crippen molar-refractivity contribution in [2.75, 3.05) is 0 Å². The molecule has 0 radical (unpaired) electrons. The van der Waals surface area contributed by atoms with Gasteiger partial charge in [0.05, 0.1) is 4.92 Å². The van der Waals surface area contributed by atoms with Crippen LogP contribution in [0.1, 0.15) is 12.0 Å². The number of nitrogens with zero attached hydrogens (tertiary/aromatic N) is 1. The summed E-state index contributed by atoms with van der Waals surface area (Å²) < 4.78 is 4.17. The lowest BCUT2D eigenvalue weighted by Crippen LogP contribution is -2.26. The van der Waals surface area contributed by atoms with E-state index in [9.17, 15) is 20.0 Å². The lowest BCUT2D eigenvalue weighted by molar-refractivity contribution is -0.385. The van der Waals surface area contributed by atoms with Gasteiger partial charge in [-0.15, -0.1) is 0 Å². The van der Waals surface area contributed by atoms with Gasteiger partial charge in [-0.1, -0.05) is 47.5 Å². The Morgan fingerprint density at radius 2 is 1.75 bits per heavy atom. The third-order valence-corrected chi connectivity index (χ3v) is 4.90. The fourth-order valence-electron chi connectivity index (χ4n) is 2.59. The van der Waals surface area contributed by atoms with Crippen LogP contribution in [0.2, 0.25) is 0 Å². The molecule has 3 rings (SSSR count). The zero-order valence-corrected chi connectivity index (χ0v) is 13.6. The van der Waals surface area contributed by atoms with Gasteiger partial charge in [-0.05, 0) is 23.8 Å². The Morgan fingerprint density at radius 3 is 2.25 bits per heavy atom. The van der Waals surface area contributed by atoms with E-state index in [0.29, 0.717) is 11.3 Å². The van der Waals surface area contributed by atoms with Crippen molar-refractivity contribution >= 4 is 34.9 Å². The highest BCUT2D eigenvalue weighted by Gasteiger charge is 2.72. The summed E-state index contributed by atoms with van der Waals surface area (Å²) in [5, 5.41) is 20.4. The van der Waals surface area contributed by atoms with Gasteiger partial charge < -0.3 is 9.84 Å². The van der Waals surface area contributed by atoms with Crippen molar-refractivity contribution in [1.29, 1.82) is 0 Å². The number of rotatable bonds is 5. The topological polar surface area (TPSA) is 89.7 Å². The van der Waals surface area contributed by atoms with Crippen molar-refractivity contribution in [1.82, 2.24) is 0 Å². The average molecular weight is 368 g/mol. The van der Waals surface area contributed by atoms with Crippen LogP contribution in [0.15, 0.2) is 48.5 Å². The molecule has 0 spiro atoms. The number of alkyl halides is 2. The molecule has 1 unspecified atom stereocenters. The number of carboxylic acids is 1. The van der Waals surface area contributed by atoms with E-state index < -0.39 is 20.6 Å². The number of aliphatic carboxylic acids is 1. The van der Waals surface area contributed by atoms with E-state index in [1.165, 1.54) is 24.3 Å². The minimum absolute atomic E-state index is 0.0960. The predicted octanol–water partition coefficient (Wildman–Crippen LogP) is 4.29. The van der Waals surface area contributed by atoms with E-state index in [2.05, 4.69) is 0 Å². The van der Waals surface area contributed by atoms with Crippen molar-refractivity contribution in [3.05, 3.63) is 64.2 Å². The Morgan fingerprint density at radius 1 is 1.17 bits per heavy atom. The molecular weight excluding hydrogens is 357 g/mol. The van der Waals surface area contributed by atoms with Crippen molar-refractivity contribution in [2.24, 2.45) is 0 Å². The van der Waals surface area contributed by atoms with Gasteiger partial charge in [0.1, 0.15) is 15.5 Å². The Hall–Kier alpha value is -2.31. The van der Waals surface area contributed by atoms with E-state index in [0.717, 1.165) is 0 Å². The summed E-state index contributed by atoms with van der Waals surface area (Å²) in [5.74, 6) is -0.664. The molecule has 8 heteroatoms. The van der Waals surface area contributed by atoms with Gasteiger partial charge in [0.2, 0.25) is 5.75 Å². The van der Waals surface area contributed by atoms with E-state index in [4.69, 9.17) is 27.9 Å². The maximum Gasteiger partial charge on any atom is 0.317 e. The van der Waals surface area contributed by atoms with Crippen LogP contribution in [0, 0.1) is 10.1 Å². The number of carboxylic acid groups (broad SMARTS) is 1. The molecule has 1 saturated carbocycles. The molecule has 1 aliphatic rings. The van der Waals surface area contributed by atoms with Crippen LogP contribution in [0.4, 0.5) is 5.69 Å². The van der Waals surface area contributed by atoms with Crippen LogP contribution in [-0.4, -0.2) is 20.3 Å². The number of hydrogen-bond donors (Lipinski definition) is 1. The van der Waals surface area contributed by atoms with Gasteiger partial charge in [-0.2, -0.15) is 0 Å². The van der Waals surface area contributed by atoms with Gasteiger partial charge >= 0.3 is 11.7 Å². The van der Waals surface area contributed by atoms with Gasteiger partial charge in [0, 0.05) is 12.5 Å². The standard InChI is InChI=1S/C16H11Cl2NO5/c17-16(18)9-15(16,14(20)21)10-5-7-11(8-6-10)24-13-4-2-1-3-12(13)19(22)23/h1-8H,9H2,(H,20,21). The van der Waals surface area contributed by atoms with Crippen LogP contribution in [0.3, 0.4) is 0 Å². The lowest BCUT2D eigenvalue weighted by Gasteiger charge is -2.14. The number of halogens is 2. The zero-order valence-electron chi connectivity index (χ0n) is 12.1. The zero-order chi connectivity index (χ0) is 17.5. The van der Waals surface area contributed by atoms with Crippen LogP contribution < -0.4 is 4.74 Å². The quantitative estimate of drug-likeness (QED) is 0.483. The maximum absolute atomic E-state index is 11.5. The van der Waals surface area contributed by atoms with E-state index in [1.54, 1.807) is 24.3 Å². The molecule has 0 aromatic heterocycles. The van der Waals surface area contributed by atoms with Crippen molar-refractivity contribution in [3.63, 3.8) is 0 Å². The molecule has 6 nitrogen and oxygen atoms in total. The number of nitro benzene ring substituents is 1. The molecule has 0 amide bonds. The molecule has 0 bridgehead atoms. The molecular formula is C16H11Cl2NO5. The van der Waals surface area contributed by atoms with Crippen LogP contribution in [0.5, 0.6) is 11.5 Å². The first-order valence-electron chi connectivity index (χ1n) is 6.91. The van der Waals surface area contributed by atoms with Crippen molar-refractivity contribution in [3.8, 4) is 11.5 Å². The highest BCUT2D eigenvalue weighted by Crippen LogP contribution is 2.65. The molecule has 1 N–H and O–H groups in total. The van der Waals surface area contributed by atoms with Crippen LogP contribution >= 0.6 is 23.2 Å². The van der Waals surface area contributed by atoms with Gasteiger partial charge in [-0.3, -0.25) is 14.9 Å². The molecule has 1 aliphatic carbocycles. The average Bonchev–Trinajstić information content (AvgIpc) is 3.12. The third-order valence-electron chi connectivity index (χ3n) is 3.99. The predicted molar refractivity (Wildman–Crippen MR) is 88.0 cm³/mol. The second-order valence-electron chi connectivity index (χ2n) is 5.44. The van der Waals surface area contributed by atoms with E-state index in [-0.39, 0.29) is 17.9 Å². The lowest BCUT2D eigenvalue weighted by atomic mass is 9.96. The van der Waals surface area contributed by atoms with Crippen LogP contribution in [0.25, 0.3) is 0 Å². The first-order valence-corrected chi connectivity index (χ1v) is 7.66. The minimum Gasteiger partial charge on any atom is -0.480 e. The Bertz CT molecular complexity index is 821. The largest absolute Gasteiger partial charge is 0.480 e. The summed E-state index contributed by atoms with van der Waals surface area (Å²) in [4.78, 5) is 22.0. The van der Waals surface area contributed by atoms with Gasteiger partial charge in [-0.25, -0.2) is 0 Å². The smallest absolute Gasteiger partial charge is 0.317 e. The molecule has 1 atom stereocenters. The highest BCUT2D eigenvalue weighted by atomic mass is 35.5. The van der Waals surface area contributed by atoms with Crippen LogP contribution in [-0.2, 0) is 10.2 Å². The summed E-state index contributed by atoms with van der Waals surface area (Å²) in [5.41, 5.74) is -1.05. The summed E-state index contributed by atoms with van der Waals surface area (Å²) in [6, 6.07) is 12.1. The van der Waals surface area contributed by atoms with E-state index in [1.807, 2.05) is 0 Å². The first kappa shape index (κ1) is 16.5. The summed E-state index contributed by atoms with van der Waals surface area (Å²) in [7, 11) is 0. The van der Waals surface area contributed by atoms with Gasteiger partial charge in [0.15, 0.2) is 0 Å². The second-order valence-corrected chi connectivity index (χ2v) is 6.93. The Labute approximate surface area is 146 Å². The first-order chi connectivity index (χ1) is 11.3. The summed E-state index contributed by atoms with van der Waals surface area (Å²) in [6.45, 7) is 0. The molecule has 124 valence electrons. The molecule has 0 aliphatic heterocycles. The molecule has 0 heterocycles. The number of nitro groups is 1. The van der Waals surface area contributed by atoms with E-state index >= 15 is 0 Å². The fraction of sp³-hybridized carbons (Fsp3) is 0.188. The minimum atomic E-state index is -1.35. The normalized spacial score (nSPS) is 21.1. The number of carbonyl (C=O) groups is 1.